The highest BCUT2D eigenvalue weighted by atomic mass is 32.1. The van der Waals surface area contributed by atoms with Gasteiger partial charge < -0.3 is 19.0 Å². The molecule has 7 heteroatoms. The highest BCUT2D eigenvalue weighted by Crippen LogP contribution is 2.28. The van der Waals surface area contributed by atoms with E-state index >= 15 is 0 Å². The van der Waals surface area contributed by atoms with E-state index in [2.05, 4.69) is 27.1 Å². The molecule has 0 atom stereocenters. The Bertz CT molecular complexity index is 1500. The Morgan fingerprint density at radius 2 is 1.82 bits per heavy atom. The monoisotopic (exact) mass is 473 g/mol. The fourth-order valence-corrected chi connectivity index (χ4v) is 5.00. The third kappa shape index (κ3) is 4.34. The number of methoxy groups -OCH3 is 2. The van der Waals surface area contributed by atoms with Gasteiger partial charge in [0.05, 0.1) is 19.9 Å². The van der Waals surface area contributed by atoms with E-state index in [4.69, 9.17) is 14.5 Å². The van der Waals surface area contributed by atoms with Gasteiger partial charge in [0.15, 0.2) is 4.80 Å². The SMILES string of the molecule is COc1ccc(-c2csc(=Nc3ccccc3OC)n2CCc2c[nH]c3cc(F)ccc23)cc1. The molecule has 172 valence electrons. The lowest BCUT2D eigenvalue weighted by Crippen LogP contribution is -2.17. The van der Waals surface area contributed by atoms with E-state index in [0.717, 1.165) is 56.1 Å². The van der Waals surface area contributed by atoms with Crippen LogP contribution in [-0.4, -0.2) is 23.8 Å². The zero-order valence-electron chi connectivity index (χ0n) is 18.9. The molecule has 0 aliphatic heterocycles. The molecule has 0 aliphatic rings. The van der Waals surface area contributed by atoms with Crippen LogP contribution in [-0.2, 0) is 13.0 Å². The van der Waals surface area contributed by atoms with E-state index in [1.807, 2.05) is 48.7 Å². The van der Waals surface area contributed by atoms with E-state index in [-0.39, 0.29) is 5.82 Å². The number of thiazole rings is 1. The summed E-state index contributed by atoms with van der Waals surface area (Å²) < 4.78 is 26.7. The summed E-state index contributed by atoms with van der Waals surface area (Å²) in [5.74, 6) is 1.30. The summed E-state index contributed by atoms with van der Waals surface area (Å²) in [7, 11) is 3.32. The van der Waals surface area contributed by atoms with Crippen LogP contribution in [0.25, 0.3) is 22.2 Å². The van der Waals surface area contributed by atoms with Gasteiger partial charge in [-0.05, 0) is 72.1 Å². The molecule has 0 aliphatic carbocycles. The standard InChI is InChI=1S/C27H24FN3O2S/c1-32-21-10-7-18(8-11-21)25-17-34-27(30-23-5-3-4-6-26(23)33-2)31(25)14-13-19-16-29-24-15-20(28)9-12-22(19)24/h3-12,15-17,29H,13-14H2,1-2H3. The number of hydrogen-bond donors (Lipinski definition) is 1. The van der Waals surface area contributed by atoms with Gasteiger partial charge >= 0.3 is 0 Å². The molecule has 0 unspecified atom stereocenters. The average molecular weight is 474 g/mol. The Kier molecular flexibility index (Phi) is 6.18. The van der Waals surface area contributed by atoms with Crippen molar-refractivity contribution in [1.82, 2.24) is 9.55 Å². The van der Waals surface area contributed by atoms with Crippen molar-refractivity contribution in [2.75, 3.05) is 14.2 Å². The number of nitrogens with zero attached hydrogens (tertiary/aromatic N) is 2. The maximum absolute atomic E-state index is 13.6. The van der Waals surface area contributed by atoms with Crippen LogP contribution in [0.1, 0.15) is 5.56 Å². The molecule has 0 radical (unpaired) electrons. The van der Waals surface area contributed by atoms with Crippen molar-refractivity contribution in [2.24, 2.45) is 4.99 Å². The second kappa shape index (κ2) is 9.57. The fourth-order valence-electron chi connectivity index (χ4n) is 4.05. The van der Waals surface area contributed by atoms with Gasteiger partial charge in [0, 0.05) is 29.0 Å². The average Bonchev–Trinajstić information content (AvgIpc) is 3.46. The molecule has 0 saturated carbocycles. The summed E-state index contributed by atoms with van der Waals surface area (Å²) in [6.45, 7) is 0.711. The molecule has 0 spiro atoms. The van der Waals surface area contributed by atoms with Gasteiger partial charge in [-0.3, -0.25) is 0 Å². The number of para-hydroxylation sites is 2. The molecular weight excluding hydrogens is 449 g/mol. The van der Waals surface area contributed by atoms with Crippen molar-refractivity contribution in [1.29, 1.82) is 0 Å². The Labute approximate surface area is 200 Å². The highest BCUT2D eigenvalue weighted by Gasteiger charge is 2.12. The number of aromatic nitrogens is 2. The van der Waals surface area contributed by atoms with E-state index in [1.165, 1.54) is 12.1 Å². The van der Waals surface area contributed by atoms with Gasteiger partial charge in [-0.25, -0.2) is 9.38 Å². The van der Waals surface area contributed by atoms with Gasteiger partial charge in [0.2, 0.25) is 0 Å². The Morgan fingerprint density at radius 1 is 1.00 bits per heavy atom. The van der Waals surface area contributed by atoms with E-state index < -0.39 is 0 Å². The number of rotatable bonds is 7. The first-order valence-electron chi connectivity index (χ1n) is 10.9. The summed E-state index contributed by atoms with van der Waals surface area (Å²) in [4.78, 5) is 9.00. The summed E-state index contributed by atoms with van der Waals surface area (Å²) in [6.07, 6.45) is 2.73. The minimum Gasteiger partial charge on any atom is -0.497 e. The van der Waals surface area contributed by atoms with Gasteiger partial charge in [-0.15, -0.1) is 11.3 Å². The summed E-state index contributed by atoms with van der Waals surface area (Å²) in [5, 5.41) is 3.16. The van der Waals surface area contributed by atoms with E-state index in [9.17, 15) is 4.39 Å². The van der Waals surface area contributed by atoms with Crippen molar-refractivity contribution in [3.8, 4) is 22.8 Å². The minimum atomic E-state index is -0.243. The molecule has 2 heterocycles. The predicted molar refractivity (Wildman–Crippen MR) is 134 cm³/mol. The highest BCUT2D eigenvalue weighted by molar-refractivity contribution is 7.07. The molecule has 3 aromatic carbocycles. The molecule has 5 nitrogen and oxygen atoms in total. The van der Waals surface area contributed by atoms with Crippen LogP contribution in [0.4, 0.5) is 10.1 Å². The molecule has 0 amide bonds. The number of benzene rings is 3. The van der Waals surface area contributed by atoms with Crippen molar-refractivity contribution in [3.63, 3.8) is 0 Å². The largest absolute Gasteiger partial charge is 0.497 e. The first-order valence-corrected chi connectivity index (χ1v) is 11.8. The van der Waals surface area contributed by atoms with Gasteiger partial charge in [0.25, 0.3) is 0 Å². The van der Waals surface area contributed by atoms with Crippen LogP contribution >= 0.6 is 11.3 Å². The number of aromatic amines is 1. The molecule has 34 heavy (non-hydrogen) atoms. The quantitative estimate of drug-likeness (QED) is 0.300. The lowest BCUT2D eigenvalue weighted by molar-refractivity contribution is 0.415. The topological polar surface area (TPSA) is 51.5 Å². The van der Waals surface area contributed by atoms with E-state index in [1.54, 1.807) is 25.6 Å². The number of ether oxygens (including phenoxy) is 2. The van der Waals surface area contributed by atoms with Gasteiger partial charge in [-0.1, -0.05) is 12.1 Å². The summed E-state index contributed by atoms with van der Waals surface area (Å²) in [6, 6.07) is 20.6. The Hall–Kier alpha value is -3.84. The number of halogens is 1. The fraction of sp³-hybridized carbons (Fsp3) is 0.148. The molecule has 1 N–H and O–H groups in total. The van der Waals surface area contributed by atoms with Crippen LogP contribution < -0.4 is 14.3 Å². The third-order valence-electron chi connectivity index (χ3n) is 5.82. The molecule has 0 fully saturated rings. The normalized spacial score (nSPS) is 11.8. The maximum Gasteiger partial charge on any atom is 0.190 e. The van der Waals surface area contributed by atoms with Crippen molar-refractivity contribution >= 4 is 27.9 Å². The van der Waals surface area contributed by atoms with Crippen LogP contribution in [0.5, 0.6) is 11.5 Å². The number of H-pyrrole nitrogens is 1. The number of hydrogen-bond acceptors (Lipinski definition) is 4. The lowest BCUT2D eigenvalue weighted by atomic mass is 10.1. The molecule has 5 aromatic rings. The maximum atomic E-state index is 13.6. The van der Waals surface area contributed by atoms with Gasteiger partial charge in [-0.2, -0.15) is 0 Å². The Balaban J connectivity index is 1.57. The molecule has 0 bridgehead atoms. The second-order valence-corrected chi connectivity index (χ2v) is 8.66. The predicted octanol–water partition coefficient (Wildman–Crippen LogP) is 6.33. The van der Waals surface area contributed by atoms with Crippen LogP contribution in [0.3, 0.4) is 0 Å². The third-order valence-corrected chi connectivity index (χ3v) is 6.68. The first kappa shape index (κ1) is 22.0. The second-order valence-electron chi connectivity index (χ2n) is 7.82. The zero-order chi connectivity index (χ0) is 23.5. The molecule has 0 saturated heterocycles. The van der Waals surface area contributed by atoms with Crippen molar-refractivity contribution in [2.45, 2.75) is 13.0 Å². The van der Waals surface area contributed by atoms with Crippen molar-refractivity contribution < 1.29 is 13.9 Å². The lowest BCUT2D eigenvalue weighted by Gasteiger charge is -2.10. The first-order chi connectivity index (χ1) is 16.7. The zero-order valence-corrected chi connectivity index (χ0v) is 19.7. The molecule has 2 aromatic heterocycles. The van der Waals surface area contributed by atoms with Crippen molar-refractivity contribution in [3.05, 3.63) is 94.5 Å². The number of fused-ring (bicyclic) bond motifs is 1. The smallest absolute Gasteiger partial charge is 0.190 e. The van der Waals surface area contributed by atoms with Crippen LogP contribution in [0.15, 0.2) is 83.3 Å². The molecular formula is C27H24FN3O2S. The Morgan fingerprint density at radius 3 is 2.62 bits per heavy atom. The summed E-state index contributed by atoms with van der Waals surface area (Å²) >= 11 is 1.59. The number of aryl methyl sites for hydroxylation is 1. The van der Waals surface area contributed by atoms with Crippen LogP contribution in [0.2, 0.25) is 0 Å². The van der Waals surface area contributed by atoms with E-state index in [0.29, 0.717) is 6.54 Å². The van der Waals surface area contributed by atoms with Crippen LogP contribution in [0, 0.1) is 5.82 Å². The summed E-state index contributed by atoms with van der Waals surface area (Å²) in [5.41, 5.74) is 4.88. The number of nitrogens with one attached hydrogen (secondary N) is 1. The van der Waals surface area contributed by atoms with Gasteiger partial charge in [0.1, 0.15) is 23.0 Å². The molecule has 5 rings (SSSR count). The minimum absolute atomic E-state index is 0.243.